The third-order valence-electron chi connectivity index (χ3n) is 3.21. The molecule has 0 spiro atoms. The average Bonchev–Trinajstić information content (AvgIpc) is 2.44. The molecule has 0 atom stereocenters. The minimum Gasteiger partial charge on any atom is -0.497 e. The highest BCUT2D eigenvalue weighted by atomic mass is 16.5. The van der Waals surface area contributed by atoms with Gasteiger partial charge in [-0.2, -0.15) is 0 Å². The van der Waals surface area contributed by atoms with Crippen molar-refractivity contribution in [1.29, 1.82) is 0 Å². The molecule has 0 aliphatic carbocycles. The van der Waals surface area contributed by atoms with Gasteiger partial charge in [-0.3, -0.25) is 0 Å². The molecule has 4 nitrogen and oxygen atoms in total. The van der Waals surface area contributed by atoms with E-state index >= 15 is 0 Å². The molecule has 0 unspecified atom stereocenters. The van der Waals surface area contributed by atoms with Gasteiger partial charge in [-0.05, 0) is 49.9 Å². The van der Waals surface area contributed by atoms with Crippen LogP contribution in [0.15, 0.2) is 36.4 Å². The Balaban J connectivity index is 2.72. The van der Waals surface area contributed by atoms with Crippen molar-refractivity contribution in [2.24, 2.45) is 5.41 Å². The highest BCUT2D eigenvalue weighted by molar-refractivity contribution is 5.81. The van der Waals surface area contributed by atoms with Crippen LogP contribution in [0.25, 0.3) is 0 Å². The Morgan fingerprint density at radius 3 is 2.09 bits per heavy atom. The van der Waals surface area contributed by atoms with E-state index in [4.69, 9.17) is 9.47 Å². The summed E-state index contributed by atoms with van der Waals surface area (Å²) in [5.74, 6) is 1.24. The lowest BCUT2D eigenvalue weighted by Gasteiger charge is -2.33. The summed E-state index contributed by atoms with van der Waals surface area (Å²) >= 11 is 0. The van der Waals surface area contributed by atoms with Crippen molar-refractivity contribution in [3.63, 3.8) is 0 Å². The molecule has 0 aliphatic rings. The molecule has 0 aromatic heterocycles. The van der Waals surface area contributed by atoms with E-state index in [2.05, 4.69) is 18.6 Å². The minimum atomic E-state index is -0.376. The number of hydrogen-bond acceptors (Lipinski definition) is 4. The smallest absolute Gasteiger partial charge is 0.330 e. The topological polar surface area (TPSA) is 44.8 Å². The van der Waals surface area contributed by atoms with E-state index in [1.165, 1.54) is 13.2 Å². The molecule has 1 aromatic carbocycles. The summed E-state index contributed by atoms with van der Waals surface area (Å²) in [6.07, 6.45) is 4.07. The van der Waals surface area contributed by atoms with E-state index in [0.29, 0.717) is 0 Å². The first-order chi connectivity index (χ1) is 10.2. The van der Waals surface area contributed by atoms with E-state index in [-0.39, 0.29) is 17.0 Å². The quantitative estimate of drug-likeness (QED) is 0.564. The number of allylic oxidation sites excluding steroid dienone is 1. The van der Waals surface area contributed by atoms with Crippen LogP contribution in [0.1, 0.15) is 34.1 Å². The largest absolute Gasteiger partial charge is 0.497 e. The Morgan fingerprint density at radius 1 is 1.05 bits per heavy atom. The Hall–Kier alpha value is -1.97. The lowest BCUT2D eigenvalue weighted by atomic mass is 9.81. The minimum absolute atomic E-state index is 0.190. The normalized spacial score (nSPS) is 12.3. The summed E-state index contributed by atoms with van der Waals surface area (Å²) in [5, 5.41) is 0. The molecule has 0 saturated carbocycles. The van der Waals surface area contributed by atoms with Crippen molar-refractivity contribution < 1.29 is 19.0 Å². The van der Waals surface area contributed by atoms with Gasteiger partial charge in [-0.1, -0.05) is 19.9 Å². The summed E-state index contributed by atoms with van der Waals surface area (Å²) in [6, 6.07) is 7.51. The van der Waals surface area contributed by atoms with Crippen LogP contribution >= 0.6 is 0 Å². The van der Waals surface area contributed by atoms with Gasteiger partial charge >= 0.3 is 5.97 Å². The van der Waals surface area contributed by atoms with Gasteiger partial charge in [0, 0.05) is 6.08 Å². The molecule has 0 N–H and O–H groups in total. The predicted octanol–water partition coefficient (Wildman–Crippen LogP) is 4.00. The van der Waals surface area contributed by atoms with Gasteiger partial charge in [0.15, 0.2) is 0 Å². The zero-order valence-electron chi connectivity index (χ0n) is 14.3. The van der Waals surface area contributed by atoms with Gasteiger partial charge < -0.3 is 14.2 Å². The summed E-state index contributed by atoms with van der Waals surface area (Å²) in [7, 11) is 3.01. The zero-order chi connectivity index (χ0) is 16.8. The number of benzene rings is 1. The number of ether oxygens (including phenoxy) is 3. The van der Waals surface area contributed by atoms with Gasteiger partial charge in [0.05, 0.1) is 14.2 Å². The second-order valence-corrected chi connectivity index (χ2v) is 6.56. The van der Waals surface area contributed by atoms with Crippen molar-refractivity contribution in [3.8, 4) is 11.5 Å². The summed E-state index contributed by atoms with van der Waals surface area (Å²) in [6.45, 7) is 8.19. The molecule has 0 radical (unpaired) electrons. The van der Waals surface area contributed by atoms with Crippen molar-refractivity contribution >= 4 is 5.97 Å². The van der Waals surface area contributed by atoms with Crippen molar-refractivity contribution in [3.05, 3.63) is 36.4 Å². The molecule has 0 bridgehead atoms. The lowest BCUT2D eigenvalue weighted by molar-refractivity contribution is -0.134. The van der Waals surface area contributed by atoms with Crippen LogP contribution in [-0.4, -0.2) is 25.8 Å². The number of carbonyl (C=O) groups excluding carboxylic acids is 1. The van der Waals surface area contributed by atoms with Crippen LogP contribution in [0.4, 0.5) is 0 Å². The first-order valence-electron chi connectivity index (χ1n) is 7.28. The maximum atomic E-state index is 11.2. The van der Waals surface area contributed by atoms with E-state index < -0.39 is 0 Å². The fourth-order valence-corrected chi connectivity index (χ4v) is 2.52. The van der Waals surface area contributed by atoms with Crippen molar-refractivity contribution in [1.82, 2.24) is 0 Å². The molecule has 1 aromatic rings. The highest BCUT2D eigenvalue weighted by Crippen LogP contribution is 2.33. The number of esters is 1. The maximum absolute atomic E-state index is 11.2. The Labute approximate surface area is 133 Å². The summed E-state index contributed by atoms with van der Waals surface area (Å²) < 4.78 is 15.8. The van der Waals surface area contributed by atoms with E-state index in [9.17, 15) is 4.79 Å². The number of rotatable bonds is 7. The molecule has 0 heterocycles. The van der Waals surface area contributed by atoms with Crippen LogP contribution < -0.4 is 9.47 Å². The molecule has 0 aliphatic heterocycles. The molecule has 4 heteroatoms. The SMILES string of the molecule is COC(=O)/C=C/C(C)(C)CC(C)(C)Oc1ccc(OC)cc1. The maximum Gasteiger partial charge on any atom is 0.330 e. The van der Waals surface area contributed by atoms with Crippen LogP contribution in [0, 0.1) is 5.41 Å². The van der Waals surface area contributed by atoms with Crippen LogP contribution in [0.2, 0.25) is 0 Å². The van der Waals surface area contributed by atoms with E-state index in [0.717, 1.165) is 17.9 Å². The Bertz CT molecular complexity index is 512. The first-order valence-corrected chi connectivity index (χ1v) is 7.28. The number of carbonyl (C=O) groups is 1. The molecule has 0 saturated heterocycles. The second kappa shape index (κ2) is 7.34. The molecule has 0 fully saturated rings. The monoisotopic (exact) mass is 306 g/mol. The van der Waals surface area contributed by atoms with E-state index in [1.807, 2.05) is 44.2 Å². The lowest BCUT2D eigenvalue weighted by Crippen LogP contribution is -2.33. The zero-order valence-corrected chi connectivity index (χ0v) is 14.3. The van der Waals surface area contributed by atoms with Gasteiger partial charge in [0.25, 0.3) is 0 Å². The number of hydrogen-bond donors (Lipinski definition) is 0. The van der Waals surface area contributed by atoms with Gasteiger partial charge in [-0.25, -0.2) is 4.79 Å². The second-order valence-electron chi connectivity index (χ2n) is 6.56. The molecule has 0 amide bonds. The standard InChI is InChI=1S/C18H26O4/c1-17(2,12-11-16(19)21-6)13-18(3,4)22-15-9-7-14(20-5)8-10-15/h7-12H,13H2,1-6H3/b12-11+. The van der Waals surface area contributed by atoms with Gasteiger partial charge in [0.1, 0.15) is 17.1 Å². The molecular formula is C18H26O4. The van der Waals surface area contributed by atoms with Crippen molar-refractivity contribution in [2.75, 3.05) is 14.2 Å². The Morgan fingerprint density at radius 2 is 1.59 bits per heavy atom. The predicted molar refractivity (Wildman–Crippen MR) is 87.3 cm³/mol. The van der Waals surface area contributed by atoms with Crippen molar-refractivity contribution in [2.45, 2.75) is 39.7 Å². The van der Waals surface area contributed by atoms with Crippen LogP contribution in [0.3, 0.4) is 0 Å². The fourth-order valence-electron chi connectivity index (χ4n) is 2.52. The number of methoxy groups -OCH3 is 2. The molecular weight excluding hydrogens is 280 g/mol. The highest BCUT2D eigenvalue weighted by Gasteiger charge is 2.29. The third kappa shape index (κ3) is 6.20. The van der Waals surface area contributed by atoms with E-state index in [1.54, 1.807) is 7.11 Å². The van der Waals surface area contributed by atoms with Crippen LogP contribution in [-0.2, 0) is 9.53 Å². The summed E-state index contributed by atoms with van der Waals surface area (Å²) in [4.78, 5) is 11.2. The van der Waals surface area contributed by atoms with Gasteiger partial charge in [-0.15, -0.1) is 0 Å². The Kier molecular flexibility index (Phi) is 6.03. The summed E-state index contributed by atoms with van der Waals surface area (Å²) in [5.41, 5.74) is -0.567. The van der Waals surface area contributed by atoms with Gasteiger partial charge in [0.2, 0.25) is 0 Å². The van der Waals surface area contributed by atoms with Crippen LogP contribution in [0.5, 0.6) is 11.5 Å². The average molecular weight is 306 g/mol. The molecule has 1 rings (SSSR count). The third-order valence-corrected chi connectivity index (χ3v) is 3.21. The molecule has 22 heavy (non-hydrogen) atoms. The fraction of sp³-hybridized carbons (Fsp3) is 0.500. The first kappa shape index (κ1) is 18.1. The molecule has 122 valence electrons.